The number of hydrazine groups is 1. The third-order valence-electron chi connectivity index (χ3n) is 4.02. The number of rotatable bonds is 5. The third-order valence-corrected chi connectivity index (χ3v) is 4.02. The van der Waals surface area contributed by atoms with Crippen LogP contribution in [0.1, 0.15) is 21.5 Å². The summed E-state index contributed by atoms with van der Waals surface area (Å²) >= 11 is 0. The summed E-state index contributed by atoms with van der Waals surface area (Å²) in [6, 6.07) is 9.45. The third kappa shape index (κ3) is 4.17. The van der Waals surface area contributed by atoms with Crippen LogP contribution in [0.3, 0.4) is 0 Å². The summed E-state index contributed by atoms with van der Waals surface area (Å²) in [6.07, 6.45) is 5.07. The van der Waals surface area contributed by atoms with E-state index in [1.165, 1.54) is 6.20 Å². The summed E-state index contributed by atoms with van der Waals surface area (Å²) in [7, 11) is 1.74. The molecule has 0 atom stereocenters. The molecule has 2 amide bonds. The summed E-state index contributed by atoms with van der Waals surface area (Å²) < 4.78 is 8.88. The molecule has 8 nitrogen and oxygen atoms in total. The van der Waals surface area contributed by atoms with Gasteiger partial charge < -0.3 is 9.30 Å². The van der Waals surface area contributed by atoms with Gasteiger partial charge in [-0.25, -0.2) is 0 Å². The molecule has 140 valence electrons. The molecule has 3 aromatic rings. The van der Waals surface area contributed by atoms with Gasteiger partial charge in [0.15, 0.2) is 6.61 Å². The van der Waals surface area contributed by atoms with E-state index in [1.807, 2.05) is 56.6 Å². The van der Waals surface area contributed by atoms with Crippen molar-refractivity contribution in [1.29, 1.82) is 0 Å². The van der Waals surface area contributed by atoms with Crippen LogP contribution in [0, 0.1) is 13.8 Å². The molecule has 0 radical (unpaired) electrons. The quantitative estimate of drug-likeness (QED) is 0.671. The molecule has 0 aliphatic heterocycles. The molecule has 27 heavy (non-hydrogen) atoms. The van der Waals surface area contributed by atoms with Crippen molar-refractivity contribution in [3.8, 4) is 11.6 Å². The highest BCUT2D eigenvalue weighted by atomic mass is 16.5. The molecule has 0 unspecified atom stereocenters. The number of nitrogens with zero attached hydrogens (tertiary/aromatic N) is 3. The summed E-state index contributed by atoms with van der Waals surface area (Å²) in [4.78, 5) is 24.4. The lowest BCUT2D eigenvalue weighted by Gasteiger charge is -2.11. The molecule has 2 heterocycles. The molecule has 0 aliphatic rings. The van der Waals surface area contributed by atoms with Crippen molar-refractivity contribution < 1.29 is 14.3 Å². The maximum Gasteiger partial charge on any atom is 0.276 e. The Balaban J connectivity index is 1.58. The average molecular weight is 367 g/mol. The number of benzene rings is 1. The van der Waals surface area contributed by atoms with E-state index in [2.05, 4.69) is 16.0 Å². The summed E-state index contributed by atoms with van der Waals surface area (Å²) in [5.74, 6) is 0.305. The normalized spacial score (nSPS) is 10.5. The Morgan fingerprint density at radius 1 is 1.15 bits per heavy atom. The highest BCUT2D eigenvalue weighted by molar-refractivity contribution is 5.98. The fourth-order valence-corrected chi connectivity index (χ4v) is 2.61. The van der Waals surface area contributed by atoms with Crippen molar-refractivity contribution in [1.82, 2.24) is 25.2 Å². The van der Waals surface area contributed by atoms with Crippen LogP contribution in [0.5, 0.6) is 5.75 Å². The number of carbonyl (C=O) groups excluding carboxylic acids is 2. The first-order valence-electron chi connectivity index (χ1n) is 8.40. The number of carbonyl (C=O) groups is 2. The van der Waals surface area contributed by atoms with Crippen molar-refractivity contribution in [2.75, 3.05) is 6.61 Å². The van der Waals surface area contributed by atoms with Crippen LogP contribution in [-0.2, 0) is 11.8 Å². The molecular weight excluding hydrogens is 346 g/mol. The lowest BCUT2D eigenvalue weighted by Crippen LogP contribution is -2.44. The number of amides is 2. The Labute approximate surface area is 156 Å². The number of hydrogen-bond acceptors (Lipinski definition) is 4. The van der Waals surface area contributed by atoms with Gasteiger partial charge in [0.05, 0.1) is 6.20 Å². The molecule has 2 N–H and O–H groups in total. The Kier molecular flexibility index (Phi) is 5.25. The number of aryl methyl sites for hydroxylation is 3. The summed E-state index contributed by atoms with van der Waals surface area (Å²) in [5, 5.41) is 4.11. The molecule has 8 heteroatoms. The fourth-order valence-electron chi connectivity index (χ4n) is 2.61. The van der Waals surface area contributed by atoms with Crippen LogP contribution in [0.15, 0.2) is 48.9 Å². The first-order chi connectivity index (χ1) is 13.0. The molecule has 0 bridgehead atoms. The maximum absolute atomic E-state index is 12.4. The van der Waals surface area contributed by atoms with E-state index in [-0.39, 0.29) is 6.61 Å². The van der Waals surface area contributed by atoms with Gasteiger partial charge in [-0.05, 0) is 43.2 Å². The van der Waals surface area contributed by atoms with E-state index in [9.17, 15) is 9.59 Å². The Bertz CT molecular complexity index is 960. The van der Waals surface area contributed by atoms with Crippen LogP contribution in [0.2, 0.25) is 0 Å². The summed E-state index contributed by atoms with van der Waals surface area (Å²) in [5.41, 5.74) is 7.06. The lowest BCUT2D eigenvalue weighted by molar-refractivity contribution is -0.123. The predicted octanol–water partition coefficient (Wildman–Crippen LogP) is 1.67. The molecule has 0 fully saturated rings. The number of ether oxygens (including phenoxy) is 1. The van der Waals surface area contributed by atoms with Gasteiger partial charge >= 0.3 is 0 Å². The molecule has 0 saturated heterocycles. The first-order valence-corrected chi connectivity index (χ1v) is 8.40. The van der Waals surface area contributed by atoms with Gasteiger partial charge in [-0.15, -0.1) is 0 Å². The molecule has 0 spiro atoms. The van der Waals surface area contributed by atoms with Crippen LogP contribution in [0.25, 0.3) is 5.82 Å². The Hall–Kier alpha value is -3.55. The molecule has 2 aromatic heterocycles. The smallest absolute Gasteiger partial charge is 0.276 e. The van der Waals surface area contributed by atoms with E-state index >= 15 is 0 Å². The van der Waals surface area contributed by atoms with Crippen molar-refractivity contribution in [2.24, 2.45) is 7.05 Å². The van der Waals surface area contributed by atoms with Gasteiger partial charge in [-0.1, -0.05) is 12.1 Å². The minimum absolute atomic E-state index is 0.206. The molecular formula is C19H21N5O3. The predicted molar refractivity (Wildman–Crippen MR) is 99.6 cm³/mol. The van der Waals surface area contributed by atoms with Crippen molar-refractivity contribution >= 4 is 11.8 Å². The molecule has 0 aliphatic carbocycles. The van der Waals surface area contributed by atoms with Crippen molar-refractivity contribution in [2.45, 2.75) is 13.8 Å². The molecule has 1 aromatic carbocycles. The zero-order valence-corrected chi connectivity index (χ0v) is 15.4. The highest BCUT2D eigenvalue weighted by Crippen LogP contribution is 2.18. The standard InChI is InChI=1S/C19H21N5O3/c1-13-6-7-14(2)16(10-13)27-12-17(25)21-22-18(26)15-11-20-23(3)19(15)24-8-4-5-9-24/h4-11H,12H2,1-3H3,(H,21,25)(H,22,26). The Morgan fingerprint density at radius 2 is 1.89 bits per heavy atom. The second-order valence-corrected chi connectivity index (χ2v) is 6.16. The summed E-state index contributed by atoms with van der Waals surface area (Å²) in [6.45, 7) is 3.64. The zero-order chi connectivity index (χ0) is 19.4. The van der Waals surface area contributed by atoms with Crippen molar-refractivity contribution in [3.63, 3.8) is 0 Å². The van der Waals surface area contributed by atoms with Gasteiger partial charge in [0, 0.05) is 19.4 Å². The zero-order valence-electron chi connectivity index (χ0n) is 15.4. The minimum atomic E-state index is -0.466. The number of nitrogens with one attached hydrogen (secondary N) is 2. The van der Waals surface area contributed by atoms with E-state index in [0.717, 1.165) is 11.1 Å². The van der Waals surface area contributed by atoms with Crippen LogP contribution >= 0.6 is 0 Å². The lowest BCUT2D eigenvalue weighted by atomic mass is 10.1. The maximum atomic E-state index is 12.4. The molecule has 0 saturated carbocycles. The van der Waals surface area contributed by atoms with Gasteiger partial charge in [0.25, 0.3) is 11.8 Å². The Morgan fingerprint density at radius 3 is 2.63 bits per heavy atom. The van der Waals surface area contributed by atoms with Crippen LogP contribution in [0.4, 0.5) is 0 Å². The van der Waals surface area contributed by atoms with E-state index in [1.54, 1.807) is 16.3 Å². The van der Waals surface area contributed by atoms with Crippen LogP contribution < -0.4 is 15.6 Å². The van der Waals surface area contributed by atoms with Crippen molar-refractivity contribution in [3.05, 3.63) is 65.6 Å². The van der Waals surface area contributed by atoms with Gasteiger partial charge in [-0.2, -0.15) is 5.10 Å². The van der Waals surface area contributed by atoms with Gasteiger partial charge in [0.1, 0.15) is 17.1 Å². The minimum Gasteiger partial charge on any atom is -0.483 e. The monoisotopic (exact) mass is 367 g/mol. The van der Waals surface area contributed by atoms with E-state index in [4.69, 9.17) is 4.74 Å². The second-order valence-electron chi connectivity index (χ2n) is 6.16. The van der Waals surface area contributed by atoms with E-state index < -0.39 is 11.8 Å². The van der Waals surface area contributed by atoms with Gasteiger partial charge in [0.2, 0.25) is 0 Å². The SMILES string of the molecule is Cc1ccc(C)c(OCC(=O)NNC(=O)c2cnn(C)c2-n2cccc2)c1. The highest BCUT2D eigenvalue weighted by Gasteiger charge is 2.18. The van der Waals surface area contributed by atoms with E-state index in [0.29, 0.717) is 17.1 Å². The fraction of sp³-hybridized carbons (Fsp3) is 0.211. The topological polar surface area (TPSA) is 90.2 Å². The average Bonchev–Trinajstić information content (AvgIpc) is 3.29. The van der Waals surface area contributed by atoms with Gasteiger partial charge in [-0.3, -0.25) is 25.1 Å². The largest absolute Gasteiger partial charge is 0.483 e. The van der Waals surface area contributed by atoms with Crippen LogP contribution in [-0.4, -0.2) is 32.8 Å². The first kappa shape index (κ1) is 18.2. The molecule has 3 rings (SSSR count). The number of aromatic nitrogens is 3. The second kappa shape index (κ2) is 7.77. The number of hydrogen-bond donors (Lipinski definition) is 2.